The molecule has 1 aliphatic carbocycles. The fourth-order valence-corrected chi connectivity index (χ4v) is 7.58. The van der Waals surface area contributed by atoms with E-state index in [0.29, 0.717) is 86.9 Å². The molecule has 0 radical (unpaired) electrons. The third-order valence-electron chi connectivity index (χ3n) is 9.99. The third kappa shape index (κ3) is 6.06. The summed E-state index contributed by atoms with van der Waals surface area (Å²) in [6, 6.07) is 3.42. The van der Waals surface area contributed by atoms with Crippen molar-refractivity contribution >= 4 is 40.5 Å². The molecule has 3 aliphatic rings. The van der Waals surface area contributed by atoms with E-state index in [1.807, 2.05) is 6.08 Å². The second kappa shape index (κ2) is 12.9. The predicted molar refractivity (Wildman–Crippen MR) is 177 cm³/mol. The lowest BCUT2D eigenvalue weighted by atomic mass is 9.66. The monoisotopic (exact) mass is 710 g/mol. The van der Waals surface area contributed by atoms with Crippen LogP contribution >= 0.6 is 11.6 Å². The summed E-state index contributed by atoms with van der Waals surface area (Å²) >= 11 is 6.19. The van der Waals surface area contributed by atoms with E-state index in [-0.39, 0.29) is 28.0 Å². The lowest BCUT2D eigenvalue weighted by molar-refractivity contribution is -0.137. The first-order valence-electron chi connectivity index (χ1n) is 16.4. The van der Waals surface area contributed by atoms with Gasteiger partial charge in [0.2, 0.25) is 11.7 Å². The van der Waals surface area contributed by atoms with Crippen LogP contribution in [0, 0.1) is 6.92 Å². The Morgan fingerprint density at radius 2 is 1.88 bits per heavy atom. The van der Waals surface area contributed by atoms with Crippen LogP contribution in [0.2, 0.25) is 5.02 Å². The first-order chi connectivity index (χ1) is 23.9. The summed E-state index contributed by atoms with van der Waals surface area (Å²) < 4.78 is 48.2. The van der Waals surface area contributed by atoms with E-state index in [1.54, 1.807) is 29.4 Å². The quantitative estimate of drug-likeness (QED) is 0.300. The molecule has 7 rings (SSSR count). The highest BCUT2D eigenvalue weighted by Gasteiger charge is 2.45. The van der Waals surface area contributed by atoms with Crippen LogP contribution in [0.25, 0.3) is 11.4 Å². The Morgan fingerprint density at radius 1 is 1.10 bits per heavy atom. The van der Waals surface area contributed by atoms with Crippen LogP contribution in [0.5, 0.6) is 0 Å². The molecular formula is C34H34ClF3N8O4. The lowest BCUT2D eigenvalue weighted by Crippen LogP contribution is -2.50. The molecule has 2 aliphatic heterocycles. The number of aryl methyl sites for hydroxylation is 1. The fourth-order valence-electron chi connectivity index (χ4n) is 7.36. The molecule has 12 nitrogen and oxygen atoms in total. The van der Waals surface area contributed by atoms with Crippen molar-refractivity contribution in [2.24, 2.45) is 0 Å². The van der Waals surface area contributed by atoms with Gasteiger partial charge in [0.05, 0.1) is 29.5 Å². The summed E-state index contributed by atoms with van der Waals surface area (Å²) in [5, 5.41) is 7.07. The number of fused-ring (bicyclic) bond motifs is 3. The number of benzene rings is 1. The fraction of sp³-hybridized carbons (Fsp3) is 0.441. The van der Waals surface area contributed by atoms with Gasteiger partial charge in [-0.05, 0) is 82.2 Å². The van der Waals surface area contributed by atoms with E-state index in [1.165, 1.54) is 10.8 Å². The maximum atomic E-state index is 14.5. The number of hydrogen-bond acceptors (Lipinski definition) is 8. The molecule has 1 saturated heterocycles. The number of carbonyl (C=O) groups excluding carboxylic acids is 2. The number of nitrogens with one attached hydrogen (secondary N) is 1. The molecular weight excluding hydrogens is 677 g/mol. The molecule has 0 bridgehead atoms. The molecule has 1 fully saturated rings. The van der Waals surface area contributed by atoms with Gasteiger partial charge in [-0.15, -0.1) is 5.10 Å². The van der Waals surface area contributed by atoms with Crippen molar-refractivity contribution in [3.8, 4) is 0 Å². The van der Waals surface area contributed by atoms with Crippen molar-refractivity contribution in [1.29, 1.82) is 0 Å². The van der Waals surface area contributed by atoms with Gasteiger partial charge in [0.25, 0.3) is 11.5 Å². The molecule has 262 valence electrons. The van der Waals surface area contributed by atoms with Gasteiger partial charge in [0.1, 0.15) is 18.1 Å². The minimum atomic E-state index is -4.60. The Kier molecular flexibility index (Phi) is 8.75. The van der Waals surface area contributed by atoms with Gasteiger partial charge in [-0.3, -0.25) is 14.4 Å². The second-order valence-corrected chi connectivity index (χ2v) is 13.4. The van der Waals surface area contributed by atoms with Crippen molar-refractivity contribution in [3.63, 3.8) is 0 Å². The summed E-state index contributed by atoms with van der Waals surface area (Å²) in [5.74, 6) is -0.225. The number of carbonyl (C=O) groups is 2. The van der Waals surface area contributed by atoms with Gasteiger partial charge in [0, 0.05) is 35.5 Å². The Morgan fingerprint density at radius 3 is 2.56 bits per heavy atom. The van der Waals surface area contributed by atoms with Crippen molar-refractivity contribution in [2.75, 3.05) is 31.6 Å². The molecule has 1 spiro atoms. The Labute approximate surface area is 289 Å². The van der Waals surface area contributed by atoms with E-state index >= 15 is 0 Å². The van der Waals surface area contributed by atoms with E-state index in [4.69, 9.17) is 21.3 Å². The number of aromatic nitrogens is 6. The van der Waals surface area contributed by atoms with E-state index in [2.05, 4.69) is 20.4 Å². The van der Waals surface area contributed by atoms with Gasteiger partial charge >= 0.3 is 6.18 Å². The van der Waals surface area contributed by atoms with Gasteiger partial charge < -0.3 is 19.5 Å². The number of ether oxygens (including phenoxy) is 1. The number of piperidine rings is 1. The van der Waals surface area contributed by atoms with Crippen LogP contribution in [0.15, 0.2) is 41.5 Å². The molecule has 1 atom stereocenters. The highest BCUT2D eigenvalue weighted by atomic mass is 35.5. The zero-order valence-corrected chi connectivity index (χ0v) is 28.1. The zero-order valence-electron chi connectivity index (χ0n) is 27.4. The molecule has 50 heavy (non-hydrogen) atoms. The van der Waals surface area contributed by atoms with Crippen LogP contribution in [-0.4, -0.2) is 72.2 Å². The predicted octanol–water partition coefficient (Wildman–Crippen LogP) is 5.18. The van der Waals surface area contributed by atoms with E-state index < -0.39 is 29.1 Å². The van der Waals surface area contributed by atoms with Gasteiger partial charge in [0.15, 0.2) is 5.82 Å². The standard InChI is InChI=1S/C34H34ClF3N8O4/c1-19-16-25(40-18-39-19)30(48)44-12-10-33(11-13-44)9-3-4-26-27(33)31(49)46-32(42-28(43-46)21-7-14-50-15-8-21)45(26)20(2)29(47)41-24-6-5-22(17-23(24)35)34(36,37)38/h5-7,16-18,20H,3-4,8-15H2,1-2H3,(H,41,47). The number of halogens is 4. The molecule has 3 aromatic heterocycles. The van der Waals surface area contributed by atoms with Crippen molar-refractivity contribution in [1.82, 2.24) is 34.0 Å². The molecule has 1 N–H and O–H groups in total. The van der Waals surface area contributed by atoms with Gasteiger partial charge in [-0.25, -0.2) is 9.97 Å². The Hall–Kier alpha value is -4.63. The van der Waals surface area contributed by atoms with Crippen LogP contribution in [0.4, 0.5) is 18.9 Å². The molecule has 1 unspecified atom stereocenters. The van der Waals surface area contributed by atoms with Crippen LogP contribution < -0.4 is 10.9 Å². The van der Waals surface area contributed by atoms with Gasteiger partial charge in [-0.2, -0.15) is 22.7 Å². The average Bonchev–Trinajstić information content (AvgIpc) is 3.55. The molecule has 2 amide bonds. The number of nitrogens with zero attached hydrogens (tertiary/aromatic N) is 7. The Bertz CT molecular complexity index is 2100. The third-order valence-corrected chi connectivity index (χ3v) is 10.3. The smallest absolute Gasteiger partial charge is 0.377 e. The van der Waals surface area contributed by atoms with Crippen LogP contribution in [0.3, 0.4) is 0 Å². The maximum absolute atomic E-state index is 14.5. The molecule has 1 aromatic carbocycles. The average molecular weight is 711 g/mol. The number of likely N-dealkylation sites (tertiary alicyclic amines) is 1. The van der Waals surface area contributed by atoms with E-state index in [9.17, 15) is 27.6 Å². The SMILES string of the molecule is Cc1cc(C(=O)N2CCC3(CCCc4c3c(=O)n3nc(C5=CCOCC5)nc3n4C(C)C(=O)Nc3ccc(C(F)(F)F)cc3Cl)CC2)ncn1. The maximum Gasteiger partial charge on any atom is 0.416 e. The zero-order chi connectivity index (χ0) is 35.4. The number of anilines is 1. The summed E-state index contributed by atoms with van der Waals surface area (Å²) in [6.45, 7) is 5.09. The minimum absolute atomic E-state index is 0.0179. The molecule has 5 heterocycles. The molecule has 4 aromatic rings. The summed E-state index contributed by atoms with van der Waals surface area (Å²) in [4.78, 5) is 56.5. The van der Waals surface area contributed by atoms with Crippen LogP contribution in [-0.2, 0) is 27.5 Å². The lowest BCUT2D eigenvalue weighted by Gasteiger charge is -2.45. The highest BCUT2D eigenvalue weighted by molar-refractivity contribution is 6.33. The highest BCUT2D eigenvalue weighted by Crippen LogP contribution is 2.44. The second-order valence-electron chi connectivity index (χ2n) is 13.0. The summed E-state index contributed by atoms with van der Waals surface area (Å²) in [6.07, 6.45) is 2.14. The summed E-state index contributed by atoms with van der Waals surface area (Å²) in [5.41, 5.74) is 1.19. The number of rotatable bonds is 5. The minimum Gasteiger partial charge on any atom is -0.377 e. The summed E-state index contributed by atoms with van der Waals surface area (Å²) in [7, 11) is 0. The largest absolute Gasteiger partial charge is 0.416 e. The van der Waals surface area contributed by atoms with Crippen molar-refractivity contribution < 1.29 is 27.5 Å². The first-order valence-corrected chi connectivity index (χ1v) is 16.8. The number of hydrogen-bond donors (Lipinski definition) is 1. The number of alkyl halides is 3. The first kappa shape index (κ1) is 33.8. The van der Waals surface area contributed by atoms with Crippen LogP contribution in [0.1, 0.15) is 83.9 Å². The van der Waals surface area contributed by atoms with Crippen molar-refractivity contribution in [2.45, 2.75) is 70.0 Å². The molecule has 0 saturated carbocycles. The number of amides is 2. The Balaban J connectivity index is 1.28. The van der Waals surface area contributed by atoms with E-state index in [0.717, 1.165) is 30.2 Å². The van der Waals surface area contributed by atoms with Crippen molar-refractivity contribution in [3.05, 3.63) is 86.1 Å². The van der Waals surface area contributed by atoms with Gasteiger partial charge in [-0.1, -0.05) is 17.7 Å². The topological polar surface area (TPSA) is 137 Å². The molecule has 16 heteroatoms. The normalized spacial score (nSPS) is 18.1.